The first-order chi connectivity index (χ1) is 8.22. The zero-order valence-electron chi connectivity index (χ0n) is 9.43. The SMILES string of the molecule is CN(c1ccccc1)c1cc(Cl)ccc1C=O. The van der Waals surface area contributed by atoms with Gasteiger partial charge in [0, 0.05) is 23.3 Å². The highest BCUT2D eigenvalue weighted by Crippen LogP contribution is 2.28. The van der Waals surface area contributed by atoms with Crippen LogP contribution in [-0.4, -0.2) is 13.3 Å². The topological polar surface area (TPSA) is 20.3 Å². The molecular formula is C14H12ClNO. The summed E-state index contributed by atoms with van der Waals surface area (Å²) in [6, 6.07) is 15.1. The van der Waals surface area contributed by atoms with E-state index in [-0.39, 0.29) is 0 Å². The molecule has 0 aliphatic heterocycles. The van der Waals surface area contributed by atoms with Crippen LogP contribution in [0.3, 0.4) is 0 Å². The van der Waals surface area contributed by atoms with Gasteiger partial charge in [0.15, 0.2) is 6.29 Å². The van der Waals surface area contributed by atoms with Crippen LogP contribution < -0.4 is 4.90 Å². The highest BCUT2D eigenvalue weighted by atomic mass is 35.5. The fraction of sp³-hybridized carbons (Fsp3) is 0.0714. The van der Waals surface area contributed by atoms with E-state index in [0.29, 0.717) is 10.6 Å². The lowest BCUT2D eigenvalue weighted by molar-refractivity contribution is 0.112. The smallest absolute Gasteiger partial charge is 0.152 e. The lowest BCUT2D eigenvalue weighted by Gasteiger charge is -2.21. The zero-order valence-corrected chi connectivity index (χ0v) is 10.2. The first kappa shape index (κ1) is 11.7. The second-order valence-electron chi connectivity index (χ2n) is 3.72. The summed E-state index contributed by atoms with van der Waals surface area (Å²) in [4.78, 5) is 12.9. The molecular weight excluding hydrogens is 234 g/mol. The maximum atomic E-state index is 11.0. The first-order valence-corrected chi connectivity index (χ1v) is 5.63. The Morgan fingerprint density at radius 2 is 1.82 bits per heavy atom. The number of carbonyl (C=O) groups is 1. The molecule has 2 aromatic carbocycles. The minimum atomic E-state index is 0.619. The van der Waals surface area contributed by atoms with Gasteiger partial charge >= 0.3 is 0 Å². The summed E-state index contributed by atoms with van der Waals surface area (Å²) in [5.74, 6) is 0. The Labute approximate surface area is 105 Å². The molecule has 0 amide bonds. The molecule has 86 valence electrons. The predicted molar refractivity (Wildman–Crippen MR) is 71.3 cm³/mol. The van der Waals surface area contributed by atoms with E-state index in [4.69, 9.17) is 11.6 Å². The van der Waals surface area contributed by atoms with Gasteiger partial charge in [-0.15, -0.1) is 0 Å². The number of hydrogen-bond acceptors (Lipinski definition) is 2. The summed E-state index contributed by atoms with van der Waals surface area (Å²) in [5, 5.41) is 0.619. The Morgan fingerprint density at radius 3 is 2.47 bits per heavy atom. The monoisotopic (exact) mass is 245 g/mol. The fourth-order valence-corrected chi connectivity index (χ4v) is 1.86. The number of nitrogens with zero attached hydrogens (tertiary/aromatic N) is 1. The van der Waals surface area contributed by atoms with Gasteiger partial charge in [-0.1, -0.05) is 29.8 Å². The molecule has 0 unspecified atom stereocenters. The van der Waals surface area contributed by atoms with Crippen LogP contribution in [0.5, 0.6) is 0 Å². The van der Waals surface area contributed by atoms with E-state index >= 15 is 0 Å². The predicted octanol–water partition coefficient (Wildman–Crippen LogP) is 3.92. The maximum Gasteiger partial charge on any atom is 0.152 e. The number of carbonyl (C=O) groups excluding carboxylic acids is 1. The van der Waals surface area contributed by atoms with Gasteiger partial charge in [-0.2, -0.15) is 0 Å². The van der Waals surface area contributed by atoms with Crippen LogP contribution in [0.15, 0.2) is 48.5 Å². The van der Waals surface area contributed by atoms with Crippen LogP contribution in [0.1, 0.15) is 10.4 Å². The Hall–Kier alpha value is -1.80. The quantitative estimate of drug-likeness (QED) is 0.764. The van der Waals surface area contributed by atoms with Gasteiger partial charge in [-0.3, -0.25) is 4.79 Å². The van der Waals surface area contributed by atoms with Crippen molar-refractivity contribution in [2.24, 2.45) is 0 Å². The highest BCUT2D eigenvalue weighted by molar-refractivity contribution is 6.31. The van der Waals surface area contributed by atoms with Crippen LogP contribution in [0.4, 0.5) is 11.4 Å². The Balaban J connectivity index is 2.46. The molecule has 0 radical (unpaired) electrons. The minimum absolute atomic E-state index is 0.619. The van der Waals surface area contributed by atoms with E-state index in [1.165, 1.54) is 0 Å². The van der Waals surface area contributed by atoms with E-state index in [0.717, 1.165) is 17.7 Å². The van der Waals surface area contributed by atoms with E-state index in [2.05, 4.69) is 0 Å². The average Bonchev–Trinajstić information content (AvgIpc) is 2.39. The van der Waals surface area contributed by atoms with Crippen molar-refractivity contribution in [2.75, 3.05) is 11.9 Å². The number of para-hydroxylation sites is 1. The highest BCUT2D eigenvalue weighted by Gasteiger charge is 2.09. The molecule has 17 heavy (non-hydrogen) atoms. The van der Waals surface area contributed by atoms with Crippen molar-refractivity contribution in [2.45, 2.75) is 0 Å². The molecule has 0 saturated heterocycles. The van der Waals surface area contributed by atoms with Crippen molar-refractivity contribution in [1.82, 2.24) is 0 Å². The van der Waals surface area contributed by atoms with Crippen molar-refractivity contribution in [3.63, 3.8) is 0 Å². The number of hydrogen-bond donors (Lipinski definition) is 0. The molecule has 0 fully saturated rings. The lowest BCUT2D eigenvalue weighted by atomic mass is 10.1. The molecule has 0 bridgehead atoms. The van der Waals surface area contributed by atoms with Crippen LogP contribution in [0.25, 0.3) is 0 Å². The summed E-state index contributed by atoms with van der Waals surface area (Å²) in [6.45, 7) is 0. The molecule has 3 heteroatoms. The van der Waals surface area contributed by atoms with Crippen LogP contribution in [0, 0.1) is 0 Å². The standard InChI is InChI=1S/C14H12ClNO/c1-16(13-5-3-2-4-6-13)14-9-12(15)8-7-11(14)10-17/h2-10H,1H3. The number of anilines is 2. The van der Waals surface area contributed by atoms with Crippen LogP contribution >= 0.6 is 11.6 Å². The van der Waals surface area contributed by atoms with E-state index in [1.807, 2.05) is 42.3 Å². The molecule has 2 rings (SSSR count). The number of rotatable bonds is 3. The Bertz CT molecular complexity index is 525. The van der Waals surface area contributed by atoms with E-state index in [1.54, 1.807) is 18.2 Å². The second-order valence-corrected chi connectivity index (χ2v) is 4.15. The molecule has 0 N–H and O–H groups in total. The molecule has 2 nitrogen and oxygen atoms in total. The molecule has 0 heterocycles. The fourth-order valence-electron chi connectivity index (χ4n) is 1.70. The summed E-state index contributed by atoms with van der Waals surface area (Å²) in [5.41, 5.74) is 2.44. The Kier molecular flexibility index (Phi) is 3.45. The van der Waals surface area contributed by atoms with E-state index in [9.17, 15) is 4.79 Å². The molecule has 2 aromatic rings. The summed E-state index contributed by atoms with van der Waals surface area (Å²) >= 11 is 5.96. The van der Waals surface area contributed by atoms with Crippen molar-refractivity contribution in [3.05, 3.63) is 59.1 Å². The van der Waals surface area contributed by atoms with Crippen LogP contribution in [-0.2, 0) is 0 Å². The van der Waals surface area contributed by atoms with Crippen molar-refractivity contribution in [3.8, 4) is 0 Å². The third-order valence-electron chi connectivity index (χ3n) is 2.62. The summed E-state index contributed by atoms with van der Waals surface area (Å²) in [7, 11) is 1.91. The number of aldehydes is 1. The van der Waals surface area contributed by atoms with Crippen molar-refractivity contribution in [1.29, 1.82) is 0 Å². The second kappa shape index (κ2) is 5.02. The van der Waals surface area contributed by atoms with Gasteiger partial charge in [-0.25, -0.2) is 0 Å². The maximum absolute atomic E-state index is 11.0. The molecule has 0 aromatic heterocycles. The lowest BCUT2D eigenvalue weighted by Crippen LogP contribution is -2.11. The summed E-state index contributed by atoms with van der Waals surface area (Å²) in [6.07, 6.45) is 0.838. The van der Waals surface area contributed by atoms with Gasteiger partial charge in [0.2, 0.25) is 0 Å². The van der Waals surface area contributed by atoms with E-state index < -0.39 is 0 Å². The average molecular weight is 246 g/mol. The third kappa shape index (κ3) is 2.48. The van der Waals surface area contributed by atoms with Crippen LogP contribution in [0.2, 0.25) is 5.02 Å². The normalized spacial score (nSPS) is 10.0. The first-order valence-electron chi connectivity index (χ1n) is 5.26. The van der Waals surface area contributed by atoms with Crippen molar-refractivity contribution < 1.29 is 4.79 Å². The zero-order chi connectivity index (χ0) is 12.3. The molecule has 0 aliphatic carbocycles. The van der Waals surface area contributed by atoms with Gasteiger partial charge in [-0.05, 0) is 30.3 Å². The number of benzene rings is 2. The molecule has 0 spiro atoms. The minimum Gasteiger partial charge on any atom is -0.344 e. The third-order valence-corrected chi connectivity index (χ3v) is 2.86. The molecule has 0 atom stereocenters. The van der Waals surface area contributed by atoms with Gasteiger partial charge < -0.3 is 4.90 Å². The molecule has 0 saturated carbocycles. The molecule has 0 aliphatic rings. The van der Waals surface area contributed by atoms with Gasteiger partial charge in [0.05, 0.1) is 5.69 Å². The van der Waals surface area contributed by atoms with Gasteiger partial charge in [0.25, 0.3) is 0 Å². The van der Waals surface area contributed by atoms with Gasteiger partial charge in [0.1, 0.15) is 0 Å². The Morgan fingerprint density at radius 1 is 1.12 bits per heavy atom. The summed E-state index contributed by atoms with van der Waals surface area (Å²) < 4.78 is 0. The largest absolute Gasteiger partial charge is 0.344 e. The number of halogens is 1. The van der Waals surface area contributed by atoms with Crippen molar-refractivity contribution >= 4 is 29.3 Å².